The normalized spacial score (nSPS) is 16.3. The predicted octanol–water partition coefficient (Wildman–Crippen LogP) is 1.48. The molecule has 1 aromatic carbocycles. The molecule has 1 N–H and O–H groups in total. The number of hydrogen-bond donors (Lipinski definition) is 1. The maximum Gasteiger partial charge on any atom is 0.249 e. The minimum atomic E-state index is -1.06. The standard InChI is InChI=1S/C13H14N2O3/c1-9-3-4-11(17-2)10(5-9)15-12(16)13(6-14)7-18-8-13/h3-5H,7-8H2,1-2H3,(H,15,16). The zero-order valence-corrected chi connectivity index (χ0v) is 10.3. The number of nitrogens with one attached hydrogen (secondary N) is 1. The molecule has 2 rings (SSSR count). The van der Waals surface area contributed by atoms with E-state index in [1.165, 1.54) is 7.11 Å². The number of benzene rings is 1. The Kier molecular flexibility index (Phi) is 3.21. The molecule has 1 saturated heterocycles. The summed E-state index contributed by atoms with van der Waals surface area (Å²) in [5.74, 6) is 0.224. The quantitative estimate of drug-likeness (QED) is 0.876. The fraction of sp³-hybridized carbons (Fsp3) is 0.385. The van der Waals surface area contributed by atoms with Crippen LogP contribution >= 0.6 is 0 Å². The van der Waals surface area contributed by atoms with Gasteiger partial charge in [0.15, 0.2) is 5.41 Å². The Morgan fingerprint density at radius 2 is 2.28 bits per heavy atom. The highest BCUT2D eigenvalue weighted by molar-refractivity contribution is 5.99. The van der Waals surface area contributed by atoms with Crippen LogP contribution in [0.5, 0.6) is 5.75 Å². The molecule has 1 fully saturated rings. The number of nitrogens with zero attached hydrogens (tertiary/aromatic N) is 1. The Hall–Kier alpha value is -2.06. The third kappa shape index (κ3) is 2.03. The van der Waals surface area contributed by atoms with Crippen LogP contribution in [0.1, 0.15) is 5.56 Å². The largest absolute Gasteiger partial charge is 0.495 e. The number of carbonyl (C=O) groups excluding carboxylic acids is 1. The van der Waals surface area contributed by atoms with Gasteiger partial charge in [0.1, 0.15) is 5.75 Å². The fourth-order valence-electron chi connectivity index (χ4n) is 1.71. The minimum Gasteiger partial charge on any atom is -0.495 e. The van der Waals surface area contributed by atoms with Crippen LogP contribution in [-0.4, -0.2) is 26.2 Å². The molecule has 5 heteroatoms. The van der Waals surface area contributed by atoms with Crippen molar-refractivity contribution in [3.63, 3.8) is 0 Å². The molecule has 1 aliphatic rings. The summed E-state index contributed by atoms with van der Waals surface area (Å²) in [4.78, 5) is 12.1. The lowest BCUT2D eigenvalue weighted by molar-refractivity contribution is -0.144. The van der Waals surface area contributed by atoms with E-state index >= 15 is 0 Å². The molecule has 0 unspecified atom stereocenters. The molecule has 18 heavy (non-hydrogen) atoms. The number of anilines is 1. The Morgan fingerprint density at radius 1 is 1.56 bits per heavy atom. The molecule has 5 nitrogen and oxygen atoms in total. The molecule has 0 bridgehead atoms. The molecule has 94 valence electrons. The van der Waals surface area contributed by atoms with Crippen LogP contribution in [0.25, 0.3) is 0 Å². The minimum absolute atomic E-state index is 0.142. The number of carbonyl (C=O) groups is 1. The molecule has 1 amide bonds. The summed E-state index contributed by atoms with van der Waals surface area (Å²) in [5, 5.41) is 11.8. The molecule has 0 spiro atoms. The Morgan fingerprint density at radius 3 is 2.78 bits per heavy atom. The number of nitriles is 1. The first kappa shape index (κ1) is 12.4. The zero-order chi connectivity index (χ0) is 13.2. The van der Waals surface area contributed by atoms with Gasteiger partial charge in [-0.15, -0.1) is 0 Å². The summed E-state index contributed by atoms with van der Waals surface area (Å²) in [7, 11) is 1.53. The average molecular weight is 246 g/mol. The zero-order valence-electron chi connectivity index (χ0n) is 10.3. The van der Waals surface area contributed by atoms with Gasteiger partial charge >= 0.3 is 0 Å². The second kappa shape index (κ2) is 4.67. The number of ether oxygens (including phenoxy) is 2. The number of hydrogen-bond acceptors (Lipinski definition) is 4. The van der Waals surface area contributed by atoms with E-state index in [0.29, 0.717) is 11.4 Å². The lowest BCUT2D eigenvalue weighted by atomic mass is 9.87. The second-order valence-electron chi connectivity index (χ2n) is 4.34. The lowest BCUT2D eigenvalue weighted by Gasteiger charge is -2.33. The summed E-state index contributed by atoms with van der Waals surface area (Å²) in [6.45, 7) is 2.20. The highest BCUT2D eigenvalue weighted by atomic mass is 16.5. The molecule has 1 heterocycles. The monoisotopic (exact) mass is 246 g/mol. The van der Waals surface area contributed by atoms with Crippen LogP contribution in [0.15, 0.2) is 18.2 Å². The molecule has 0 saturated carbocycles. The van der Waals surface area contributed by atoms with Gasteiger partial charge in [-0.25, -0.2) is 0 Å². The van der Waals surface area contributed by atoms with Gasteiger partial charge in [0.25, 0.3) is 0 Å². The van der Waals surface area contributed by atoms with Crippen molar-refractivity contribution < 1.29 is 14.3 Å². The van der Waals surface area contributed by atoms with Gasteiger partial charge in [0, 0.05) is 0 Å². The van der Waals surface area contributed by atoms with Gasteiger partial charge in [0.05, 0.1) is 32.1 Å². The lowest BCUT2D eigenvalue weighted by Crippen LogP contribution is -2.50. The molecule has 0 radical (unpaired) electrons. The maximum absolute atomic E-state index is 12.1. The van der Waals surface area contributed by atoms with E-state index in [-0.39, 0.29) is 19.1 Å². The van der Waals surface area contributed by atoms with Crippen molar-refractivity contribution in [1.82, 2.24) is 0 Å². The predicted molar refractivity (Wildman–Crippen MR) is 65.2 cm³/mol. The van der Waals surface area contributed by atoms with Gasteiger partial charge in [-0.05, 0) is 24.6 Å². The van der Waals surface area contributed by atoms with Gasteiger partial charge in [-0.2, -0.15) is 5.26 Å². The summed E-state index contributed by atoms with van der Waals surface area (Å²) in [6.07, 6.45) is 0. The van der Waals surface area contributed by atoms with E-state index in [2.05, 4.69) is 5.32 Å². The topological polar surface area (TPSA) is 71.3 Å². The van der Waals surface area contributed by atoms with E-state index in [0.717, 1.165) is 5.56 Å². The molecule has 1 aromatic rings. The SMILES string of the molecule is COc1ccc(C)cc1NC(=O)C1(C#N)COC1. The van der Waals surface area contributed by atoms with Crippen molar-refractivity contribution >= 4 is 11.6 Å². The van der Waals surface area contributed by atoms with Gasteiger partial charge in [0.2, 0.25) is 5.91 Å². The van der Waals surface area contributed by atoms with Crippen LogP contribution in [0.3, 0.4) is 0 Å². The summed E-state index contributed by atoms with van der Waals surface area (Å²) in [5.41, 5.74) is 0.514. The Labute approximate surface area is 105 Å². The first-order valence-corrected chi connectivity index (χ1v) is 5.56. The number of rotatable bonds is 3. The van der Waals surface area contributed by atoms with Crippen LogP contribution < -0.4 is 10.1 Å². The van der Waals surface area contributed by atoms with Crippen molar-refractivity contribution in [3.05, 3.63) is 23.8 Å². The van der Waals surface area contributed by atoms with Gasteiger partial charge < -0.3 is 14.8 Å². The highest BCUT2D eigenvalue weighted by Crippen LogP contribution is 2.31. The molecular formula is C13H14N2O3. The van der Waals surface area contributed by atoms with Crippen LogP contribution in [0.2, 0.25) is 0 Å². The third-order valence-electron chi connectivity index (χ3n) is 2.95. The summed E-state index contributed by atoms with van der Waals surface area (Å²) < 4.78 is 10.1. The van der Waals surface area contributed by atoms with Gasteiger partial charge in [-0.3, -0.25) is 4.79 Å². The molecular weight excluding hydrogens is 232 g/mol. The van der Waals surface area contributed by atoms with Crippen molar-refractivity contribution in [2.45, 2.75) is 6.92 Å². The first-order chi connectivity index (χ1) is 8.61. The smallest absolute Gasteiger partial charge is 0.249 e. The fourth-order valence-corrected chi connectivity index (χ4v) is 1.71. The molecule has 0 atom stereocenters. The number of aryl methyl sites for hydroxylation is 1. The second-order valence-corrected chi connectivity index (χ2v) is 4.34. The van der Waals surface area contributed by atoms with E-state index in [1.807, 2.05) is 19.1 Å². The van der Waals surface area contributed by atoms with Gasteiger partial charge in [-0.1, -0.05) is 6.07 Å². The molecule has 0 aliphatic carbocycles. The van der Waals surface area contributed by atoms with E-state index in [1.54, 1.807) is 12.1 Å². The number of methoxy groups -OCH3 is 1. The average Bonchev–Trinajstić information content (AvgIpc) is 2.28. The summed E-state index contributed by atoms with van der Waals surface area (Å²) in [6, 6.07) is 7.48. The highest BCUT2D eigenvalue weighted by Gasteiger charge is 2.46. The Bertz CT molecular complexity index is 515. The third-order valence-corrected chi connectivity index (χ3v) is 2.95. The first-order valence-electron chi connectivity index (χ1n) is 5.56. The molecule has 1 aliphatic heterocycles. The Balaban J connectivity index is 2.21. The van der Waals surface area contributed by atoms with Crippen LogP contribution in [0.4, 0.5) is 5.69 Å². The number of amides is 1. The maximum atomic E-state index is 12.1. The van der Waals surface area contributed by atoms with Crippen molar-refractivity contribution in [2.75, 3.05) is 25.6 Å². The van der Waals surface area contributed by atoms with Crippen LogP contribution in [-0.2, 0) is 9.53 Å². The van der Waals surface area contributed by atoms with Crippen molar-refractivity contribution in [3.8, 4) is 11.8 Å². The van der Waals surface area contributed by atoms with E-state index in [4.69, 9.17) is 14.7 Å². The van der Waals surface area contributed by atoms with Crippen LogP contribution in [0, 0.1) is 23.7 Å². The van der Waals surface area contributed by atoms with Crippen molar-refractivity contribution in [1.29, 1.82) is 5.26 Å². The van der Waals surface area contributed by atoms with E-state index in [9.17, 15) is 4.79 Å². The molecule has 0 aromatic heterocycles. The van der Waals surface area contributed by atoms with E-state index < -0.39 is 5.41 Å². The summed E-state index contributed by atoms with van der Waals surface area (Å²) >= 11 is 0. The van der Waals surface area contributed by atoms with Crippen molar-refractivity contribution in [2.24, 2.45) is 5.41 Å².